The van der Waals surface area contributed by atoms with Crippen LogP contribution in [0, 0.1) is 5.92 Å². The fraction of sp³-hybridized carbons (Fsp3) is 0.571. The number of carbonyl (C=O) groups is 1. The molecule has 1 aromatic heterocycles. The lowest BCUT2D eigenvalue weighted by Crippen LogP contribution is -2.17. The summed E-state index contributed by atoms with van der Waals surface area (Å²) in [6.45, 7) is 4.26. The average molecular weight is 233 g/mol. The van der Waals surface area contributed by atoms with Crippen molar-refractivity contribution in [2.75, 3.05) is 0 Å². The van der Waals surface area contributed by atoms with Crippen molar-refractivity contribution in [2.24, 2.45) is 5.92 Å². The molecule has 1 aliphatic rings. The molecule has 0 amide bonds. The average Bonchev–Trinajstić information content (AvgIpc) is 2.28. The van der Waals surface area contributed by atoms with Gasteiger partial charge in [-0.1, -0.05) is 20.3 Å². The number of fused-ring (bicyclic) bond motifs is 1. The van der Waals surface area contributed by atoms with Crippen molar-refractivity contribution in [3.8, 4) is 0 Å². The standard InChI is InChI=1S/C14H19NO2/c1-3-4-13-11(14(16)17)8-10-7-9(2)5-6-12(10)15-13/h8-9H,3-7H2,1-2H3,(H,16,17). The molecule has 3 heteroatoms. The monoisotopic (exact) mass is 233 g/mol. The molecular weight excluding hydrogens is 214 g/mol. The zero-order valence-corrected chi connectivity index (χ0v) is 10.5. The largest absolute Gasteiger partial charge is 0.478 e. The van der Waals surface area contributed by atoms with Crippen LogP contribution < -0.4 is 0 Å². The van der Waals surface area contributed by atoms with Gasteiger partial charge >= 0.3 is 5.97 Å². The maximum absolute atomic E-state index is 11.2. The van der Waals surface area contributed by atoms with Gasteiger partial charge in [0, 0.05) is 5.69 Å². The first kappa shape index (κ1) is 12.1. The van der Waals surface area contributed by atoms with Crippen LogP contribution in [0.2, 0.25) is 0 Å². The van der Waals surface area contributed by atoms with Crippen molar-refractivity contribution in [3.63, 3.8) is 0 Å². The molecule has 17 heavy (non-hydrogen) atoms. The lowest BCUT2D eigenvalue weighted by Gasteiger charge is -2.22. The van der Waals surface area contributed by atoms with Crippen LogP contribution in [0.4, 0.5) is 0 Å². The Hall–Kier alpha value is -1.38. The number of hydrogen-bond donors (Lipinski definition) is 1. The minimum Gasteiger partial charge on any atom is -0.478 e. The highest BCUT2D eigenvalue weighted by molar-refractivity contribution is 5.89. The highest BCUT2D eigenvalue weighted by atomic mass is 16.4. The Morgan fingerprint density at radius 3 is 3.00 bits per heavy atom. The van der Waals surface area contributed by atoms with Crippen LogP contribution >= 0.6 is 0 Å². The molecule has 0 saturated heterocycles. The Balaban J connectivity index is 2.44. The zero-order chi connectivity index (χ0) is 12.4. The maximum atomic E-state index is 11.2. The minimum atomic E-state index is -0.845. The van der Waals surface area contributed by atoms with Crippen LogP contribution in [0.3, 0.4) is 0 Å². The normalized spacial score (nSPS) is 18.8. The SMILES string of the molecule is CCCc1nc2c(cc1C(=O)O)CC(C)CC2. The Kier molecular flexibility index (Phi) is 3.46. The number of carboxylic acids is 1. The molecule has 2 rings (SSSR count). The van der Waals surface area contributed by atoms with Crippen LogP contribution in [-0.2, 0) is 19.3 Å². The smallest absolute Gasteiger partial charge is 0.337 e. The van der Waals surface area contributed by atoms with Gasteiger partial charge in [0.2, 0.25) is 0 Å². The van der Waals surface area contributed by atoms with Crippen molar-refractivity contribution in [3.05, 3.63) is 28.6 Å². The number of hydrogen-bond acceptors (Lipinski definition) is 2. The summed E-state index contributed by atoms with van der Waals surface area (Å²) in [6.07, 6.45) is 4.81. The molecule has 0 radical (unpaired) electrons. The zero-order valence-electron chi connectivity index (χ0n) is 10.5. The lowest BCUT2D eigenvalue weighted by molar-refractivity contribution is 0.0695. The number of aromatic nitrogens is 1. The molecule has 0 fully saturated rings. The van der Waals surface area contributed by atoms with E-state index in [0.717, 1.165) is 49.1 Å². The summed E-state index contributed by atoms with van der Waals surface area (Å²) in [5, 5.41) is 9.22. The topological polar surface area (TPSA) is 50.2 Å². The molecule has 1 unspecified atom stereocenters. The van der Waals surface area contributed by atoms with E-state index in [4.69, 9.17) is 0 Å². The maximum Gasteiger partial charge on any atom is 0.337 e. The predicted octanol–water partition coefficient (Wildman–Crippen LogP) is 2.86. The third kappa shape index (κ3) is 2.48. The second kappa shape index (κ2) is 4.86. The molecular formula is C14H19NO2. The van der Waals surface area contributed by atoms with E-state index in [1.165, 1.54) is 0 Å². The second-order valence-corrected chi connectivity index (χ2v) is 4.99. The number of aryl methyl sites for hydroxylation is 2. The van der Waals surface area contributed by atoms with Crippen molar-refractivity contribution >= 4 is 5.97 Å². The van der Waals surface area contributed by atoms with E-state index in [1.807, 2.05) is 6.07 Å². The van der Waals surface area contributed by atoms with Crippen molar-refractivity contribution in [1.29, 1.82) is 0 Å². The highest BCUT2D eigenvalue weighted by Gasteiger charge is 2.20. The quantitative estimate of drug-likeness (QED) is 0.873. The third-order valence-electron chi connectivity index (χ3n) is 3.43. The molecule has 92 valence electrons. The van der Waals surface area contributed by atoms with Crippen molar-refractivity contribution in [1.82, 2.24) is 4.98 Å². The fourth-order valence-corrected chi connectivity index (χ4v) is 2.50. The number of pyridine rings is 1. The summed E-state index contributed by atoms with van der Waals surface area (Å²) in [5.74, 6) is -0.204. The van der Waals surface area contributed by atoms with Crippen LogP contribution in [0.25, 0.3) is 0 Å². The first-order valence-corrected chi connectivity index (χ1v) is 6.36. The molecule has 0 spiro atoms. The highest BCUT2D eigenvalue weighted by Crippen LogP contribution is 2.26. The van der Waals surface area contributed by atoms with E-state index in [1.54, 1.807) is 0 Å². The molecule has 0 aliphatic heterocycles. The van der Waals surface area contributed by atoms with Crippen LogP contribution in [0.1, 0.15) is 54.0 Å². The van der Waals surface area contributed by atoms with E-state index in [2.05, 4.69) is 18.8 Å². The molecule has 1 atom stereocenters. The van der Waals surface area contributed by atoms with Crippen LogP contribution in [-0.4, -0.2) is 16.1 Å². The third-order valence-corrected chi connectivity index (χ3v) is 3.43. The van der Waals surface area contributed by atoms with Crippen molar-refractivity contribution < 1.29 is 9.90 Å². The summed E-state index contributed by atoms with van der Waals surface area (Å²) < 4.78 is 0. The fourth-order valence-electron chi connectivity index (χ4n) is 2.50. The Morgan fingerprint density at radius 1 is 1.59 bits per heavy atom. The van der Waals surface area contributed by atoms with Gasteiger partial charge < -0.3 is 5.11 Å². The molecule has 1 N–H and O–H groups in total. The predicted molar refractivity (Wildman–Crippen MR) is 66.4 cm³/mol. The first-order valence-electron chi connectivity index (χ1n) is 6.36. The van der Waals surface area contributed by atoms with Crippen molar-refractivity contribution in [2.45, 2.75) is 46.0 Å². The van der Waals surface area contributed by atoms with E-state index in [-0.39, 0.29) is 0 Å². The molecule has 0 aromatic carbocycles. The summed E-state index contributed by atoms with van der Waals surface area (Å²) in [4.78, 5) is 15.8. The van der Waals surface area contributed by atoms with Crippen LogP contribution in [0.5, 0.6) is 0 Å². The number of rotatable bonds is 3. The van der Waals surface area contributed by atoms with Gasteiger partial charge in [-0.15, -0.1) is 0 Å². The first-order chi connectivity index (χ1) is 8.11. The number of aromatic carboxylic acids is 1. The molecule has 0 saturated carbocycles. The van der Waals surface area contributed by atoms with E-state index >= 15 is 0 Å². The van der Waals surface area contributed by atoms with Gasteiger partial charge in [-0.2, -0.15) is 0 Å². The number of nitrogens with zero attached hydrogens (tertiary/aromatic N) is 1. The molecule has 3 nitrogen and oxygen atoms in total. The van der Waals surface area contributed by atoms with E-state index in [9.17, 15) is 9.90 Å². The Labute approximate surface area is 102 Å². The number of carboxylic acid groups (broad SMARTS) is 1. The van der Waals surface area contributed by atoms with E-state index < -0.39 is 5.97 Å². The van der Waals surface area contributed by atoms with E-state index in [0.29, 0.717) is 11.5 Å². The summed E-state index contributed by atoms with van der Waals surface area (Å²) in [7, 11) is 0. The lowest BCUT2D eigenvalue weighted by atomic mass is 9.86. The van der Waals surface area contributed by atoms with Gasteiger partial charge in [0.05, 0.1) is 11.3 Å². The summed E-state index contributed by atoms with van der Waals surface area (Å²) >= 11 is 0. The minimum absolute atomic E-state index is 0.403. The van der Waals surface area contributed by atoms with Gasteiger partial charge in [0.15, 0.2) is 0 Å². The summed E-state index contributed by atoms with van der Waals surface area (Å²) in [6, 6.07) is 1.85. The van der Waals surface area contributed by atoms with Gasteiger partial charge in [0.25, 0.3) is 0 Å². The summed E-state index contributed by atoms with van der Waals surface area (Å²) in [5.41, 5.74) is 3.42. The molecule has 0 bridgehead atoms. The molecule has 1 aliphatic carbocycles. The van der Waals surface area contributed by atoms with Gasteiger partial charge in [0.1, 0.15) is 0 Å². The molecule has 1 heterocycles. The molecule has 1 aromatic rings. The van der Waals surface area contributed by atoms with Crippen LogP contribution in [0.15, 0.2) is 6.07 Å². The second-order valence-electron chi connectivity index (χ2n) is 4.99. The Bertz CT molecular complexity index is 440. The van der Waals surface area contributed by atoms with Gasteiger partial charge in [-0.3, -0.25) is 4.98 Å². The van der Waals surface area contributed by atoms with Gasteiger partial charge in [-0.05, 0) is 43.2 Å². The Morgan fingerprint density at radius 2 is 2.35 bits per heavy atom. The van der Waals surface area contributed by atoms with Gasteiger partial charge in [-0.25, -0.2) is 4.79 Å².